The van der Waals surface area contributed by atoms with Crippen LogP contribution in [0, 0.1) is 5.92 Å². The molecule has 2 unspecified atom stereocenters. The van der Waals surface area contributed by atoms with Gasteiger partial charge in [0.1, 0.15) is 0 Å². The molecule has 18 heavy (non-hydrogen) atoms. The van der Waals surface area contributed by atoms with E-state index in [9.17, 15) is 5.11 Å². The molecule has 0 spiro atoms. The van der Waals surface area contributed by atoms with Crippen molar-refractivity contribution >= 4 is 11.3 Å². The molecule has 0 amide bonds. The Balaban J connectivity index is 1.86. The summed E-state index contributed by atoms with van der Waals surface area (Å²) in [5.41, 5.74) is 0. The summed E-state index contributed by atoms with van der Waals surface area (Å²) in [6, 6.07) is 0. The predicted molar refractivity (Wildman–Crippen MR) is 76.0 cm³/mol. The summed E-state index contributed by atoms with van der Waals surface area (Å²) in [5.74, 6) is 0.768. The third-order valence-corrected chi connectivity index (χ3v) is 4.65. The fraction of sp³-hybridized carbons (Fsp3) is 0.786. The maximum atomic E-state index is 9.38. The van der Waals surface area contributed by atoms with Crippen molar-refractivity contribution in [2.75, 3.05) is 19.6 Å². The molecule has 0 bridgehead atoms. The molecule has 0 saturated carbocycles. The van der Waals surface area contributed by atoms with E-state index in [2.05, 4.69) is 16.8 Å². The Labute approximate surface area is 114 Å². The lowest BCUT2D eigenvalue weighted by Gasteiger charge is -2.31. The van der Waals surface area contributed by atoms with E-state index >= 15 is 0 Å². The summed E-state index contributed by atoms with van der Waals surface area (Å²) in [4.78, 5) is 8.25. The quantitative estimate of drug-likeness (QED) is 0.890. The first-order valence-corrected chi connectivity index (χ1v) is 7.83. The second kappa shape index (κ2) is 6.64. The molecule has 2 heterocycles. The zero-order valence-electron chi connectivity index (χ0n) is 11.4. The van der Waals surface area contributed by atoms with Gasteiger partial charge >= 0.3 is 0 Å². The molecule has 1 aliphatic heterocycles. The molecular formula is C14H24N2OS. The SMILES string of the molecule is CCN1CCCC(Cc2ncc(CC(C)O)s2)C1. The summed E-state index contributed by atoms with van der Waals surface area (Å²) >= 11 is 1.77. The molecule has 1 N–H and O–H groups in total. The average Bonchev–Trinajstić information content (AvgIpc) is 2.76. The number of thiazole rings is 1. The van der Waals surface area contributed by atoms with Crippen LogP contribution in [0.25, 0.3) is 0 Å². The topological polar surface area (TPSA) is 36.4 Å². The first-order chi connectivity index (χ1) is 8.67. The summed E-state index contributed by atoms with van der Waals surface area (Å²) in [6.45, 7) is 7.73. The fourth-order valence-corrected chi connectivity index (χ4v) is 3.84. The van der Waals surface area contributed by atoms with Crippen LogP contribution in [0.2, 0.25) is 0 Å². The zero-order valence-corrected chi connectivity index (χ0v) is 12.2. The number of aliphatic hydroxyl groups is 1. The van der Waals surface area contributed by atoms with Gasteiger partial charge < -0.3 is 10.0 Å². The first-order valence-electron chi connectivity index (χ1n) is 7.01. The third kappa shape index (κ3) is 4.04. The highest BCUT2D eigenvalue weighted by Crippen LogP contribution is 2.23. The van der Waals surface area contributed by atoms with Crippen LogP contribution >= 0.6 is 11.3 Å². The van der Waals surface area contributed by atoms with Gasteiger partial charge in [0.2, 0.25) is 0 Å². The van der Waals surface area contributed by atoms with Gasteiger partial charge in [-0.2, -0.15) is 0 Å². The Morgan fingerprint density at radius 3 is 3.17 bits per heavy atom. The number of piperidine rings is 1. The van der Waals surface area contributed by atoms with Crippen molar-refractivity contribution in [1.29, 1.82) is 0 Å². The van der Waals surface area contributed by atoms with Crippen LogP contribution in [0.1, 0.15) is 36.6 Å². The number of aliphatic hydroxyl groups excluding tert-OH is 1. The van der Waals surface area contributed by atoms with Crippen molar-refractivity contribution in [3.8, 4) is 0 Å². The monoisotopic (exact) mass is 268 g/mol. The standard InChI is InChI=1S/C14H24N2OS/c1-3-16-6-4-5-12(10-16)8-14-15-9-13(18-14)7-11(2)17/h9,11-12,17H,3-8,10H2,1-2H3. The first kappa shape index (κ1) is 14.0. The van der Waals surface area contributed by atoms with Crippen LogP contribution in [0.15, 0.2) is 6.20 Å². The molecule has 3 nitrogen and oxygen atoms in total. The summed E-state index contributed by atoms with van der Waals surface area (Å²) in [7, 11) is 0. The maximum Gasteiger partial charge on any atom is 0.0930 e. The number of nitrogens with zero attached hydrogens (tertiary/aromatic N) is 2. The molecule has 1 aromatic heterocycles. The van der Waals surface area contributed by atoms with Gasteiger partial charge in [-0.25, -0.2) is 4.98 Å². The van der Waals surface area contributed by atoms with Crippen molar-refractivity contribution in [1.82, 2.24) is 9.88 Å². The molecule has 0 radical (unpaired) electrons. The highest BCUT2D eigenvalue weighted by Gasteiger charge is 2.20. The van der Waals surface area contributed by atoms with E-state index in [4.69, 9.17) is 0 Å². The average molecular weight is 268 g/mol. The van der Waals surface area contributed by atoms with Gasteiger partial charge in [-0.15, -0.1) is 11.3 Å². The van der Waals surface area contributed by atoms with Crippen LogP contribution < -0.4 is 0 Å². The highest BCUT2D eigenvalue weighted by molar-refractivity contribution is 7.11. The minimum Gasteiger partial charge on any atom is -0.393 e. The van der Waals surface area contributed by atoms with Crippen LogP contribution in [0.4, 0.5) is 0 Å². The smallest absolute Gasteiger partial charge is 0.0930 e. The maximum absolute atomic E-state index is 9.38. The summed E-state index contributed by atoms with van der Waals surface area (Å²) in [6.07, 6.45) is 6.19. The Hall–Kier alpha value is -0.450. The van der Waals surface area contributed by atoms with Crippen LogP contribution in [0.5, 0.6) is 0 Å². The molecule has 1 aliphatic rings. The van der Waals surface area contributed by atoms with Gasteiger partial charge in [-0.05, 0) is 38.8 Å². The summed E-state index contributed by atoms with van der Waals surface area (Å²) < 4.78 is 0. The molecule has 102 valence electrons. The number of hydrogen-bond acceptors (Lipinski definition) is 4. The van der Waals surface area contributed by atoms with Gasteiger partial charge in [0.05, 0.1) is 11.1 Å². The second-order valence-corrected chi connectivity index (χ2v) is 6.58. The molecule has 2 atom stereocenters. The minimum atomic E-state index is -0.261. The van der Waals surface area contributed by atoms with Crippen molar-refractivity contribution < 1.29 is 5.11 Å². The molecule has 1 aromatic rings. The zero-order chi connectivity index (χ0) is 13.0. The Morgan fingerprint density at radius 1 is 1.61 bits per heavy atom. The van der Waals surface area contributed by atoms with E-state index in [-0.39, 0.29) is 6.10 Å². The lowest BCUT2D eigenvalue weighted by Crippen LogP contribution is -2.35. The van der Waals surface area contributed by atoms with Crippen LogP contribution in [-0.4, -0.2) is 40.7 Å². The van der Waals surface area contributed by atoms with Gasteiger partial charge in [0.15, 0.2) is 0 Å². The van der Waals surface area contributed by atoms with Crippen LogP contribution in [-0.2, 0) is 12.8 Å². The van der Waals surface area contributed by atoms with E-state index in [1.54, 1.807) is 11.3 Å². The van der Waals surface area contributed by atoms with E-state index in [1.807, 2.05) is 13.1 Å². The van der Waals surface area contributed by atoms with Crippen molar-refractivity contribution in [2.24, 2.45) is 5.92 Å². The van der Waals surface area contributed by atoms with Gasteiger partial charge in [-0.1, -0.05) is 6.92 Å². The second-order valence-electron chi connectivity index (χ2n) is 5.38. The van der Waals surface area contributed by atoms with Crippen LogP contribution in [0.3, 0.4) is 0 Å². The molecular weight excluding hydrogens is 244 g/mol. The van der Waals surface area contributed by atoms with Crippen molar-refractivity contribution in [3.05, 3.63) is 16.1 Å². The Kier molecular flexibility index (Phi) is 5.15. The molecule has 0 aromatic carbocycles. The van der Waals surface area contributed by atoms with Gasteiger partial charge in [0.25, 0.3) is 0 Å². The number of aromatic nitrogens is 1. The van der Waals surface area contributed by atoms with Crippen molar-refractivity contribution in [3.63, 3.8) is 0 Å². The summed E-state index contributed by atoms with van der Waals surface area (Å²) in [5, 5.41) is 10.6. The number of hydrogen-bond donors (Lipinski definition) is 1. The molecule has 0 aliphatic carbocycles. The lowest BCUT2D eigenvalue weighted by molar-refractivity contribution is 0.182. The highest BCUT2D eigenvalue weighted by atomic mass is 32.1. The molecule has 1 fully saturated rings. The Morgan fingerprint density at radius 2 is 2.44 bits per heavy atom. The van der Waals surface area contributed by atoms with E-state index in [0.717, 1.165) is 18.8 Å². The fourth-order valence-electron chi connectivity index (χ4n) is 2.68. The van der Waals surface area contributed by atoms with Crippen molar-refractivity contribution in [2.45, 2.75) is 45.6 Å². The number of likely N-dealkylation sites (tertiary alicyclic amines) is 1. The number of rotatable bonds is 5. The third-order valence-electron chi connectivity index (χ3n) is 3.61. The minimum absolute atomic E-state index is 0.261. The van der Waals surface area contributed by atoms with Gasteiger partial charge in [-0.3, -0.25) is 0 Å². The molecule has 1 saturated heterocycles. The lowest BCUT2D eigenvalue weighted by atomic mass is 9.95. The van der Waals surface area contributed by atoms with E-state index in [1.165, 1.54) is 42.4 Å². The Bertz CT molecular complexity index is 364. The normalized spacial score (nSPS) is 23.2. The largest absolute Gasteiger partial charge is 0.393 e. The van der Waals surface area contributed by atoms with E-state index in [0.29, 0.717) is 0 Å². The van der Waals surface area contributed by atoms with Gasteiger partial charge in [0, 0.05) is 30.5 Å². The molecule has 2 rings (SSSR count). The molecule has 4 heteroatoms. The predicted octanol–water partition coefficient (Wildman–Crippen LogP) is 2.34. The van der Waals surface area contributed by atoms with E-state index < -0.39 is 0 Å².